The van der Waals surface area contributed by atoms with E-state index in [1.165, 1.54) is 38.5 Å². The molecule has 2 N–H and O–H groups in total. The van der Waals surface area contributed by atoms with Gasteiger partial charge in [0.2, 0.25) is 5.91 Å². The smallest absolute Gasteiger partial charge is 0.234 e. The predicted octanol–water partition coefficient (Wildman–Crippen LogP) is 1.68. The lowest BCUT2D eigenvalue weighted by Gasteiger charge is -2.20. The zero-order valence-electron chi connectivity index (χ0n) is 10.3. The summed E-state index contributed by atoms with van der Waals surface area (Å²) in [5, 5.41) is 6.35. The monoisotopic (exact) mass is 224 g/mol. The summed E-state index contributed by atoms with van der Waals surface area (Å²) in [5.74, 6) is 1.73. The SMILES string of the molecule is C[C@@H](NC(=O)CNCC1CC1)C1CCCC1. The van der Waals surface area contributed by atoms with Crippen molar-refractivity contribution in [3.05, 3.63) is 0 Å². The van der Waals surface area contributed by atoms with Crippen LogP contribution in [0.5, 0.6) is 0 Å². The summed E-state index contributed by atoms with van der Waals surface area (Å²) in [6.07, 6.45) is 7.93. The lowest BCUT2D eigenvalue weighted by Crippen LogP contribution is -2.42. The molecule has 2 saturated carbocycles. The molecule has 16 heavy (non-hydrogen) atoms. The average molecular weight is 224 g/mol. The van der Waals surface area contributed by atoms with Crippen LogP contribution in [0.2, 0.25) is 0 Å². The highest BCUT2D eigenvalue weighted by Crippen LogP contribution is 2.28. The highest BCUT2D eigenvalue weighted by molar-refractivity contribution is 5.78. The third kappa shape index (κ3) is 3.78. The maximum Gasteiger partial charge on any atom is 0.234 e. The second-order valence-corrected chi connectivity index (χ2v) is 5.48. The van der Waals surface area contributed by atoms with Crippen molar-refractivity contribution in [3.63, 3.8) is 0 Å². The van der Waals surface area contributed by atoms with Gasteiger partial charge in [-0.3, -0.25) is 4.79 Å². The van der Waals surface area contributed by atoms with Gasteiger partial charge in [-0.2, -0.15) is 0 Å². The molecule has 2 aliphatic carbocycles. The van der Waals surface area contributed by atoms with E-state index in [9.17, 15) is 4.79 Å². The fourth-order valence-electron chi connectivity index (χ4n) is 2.59. The van der Waals surface area contributed by atoms with Crippen molar-refractivity contribution < 1.29 is 4.79 Å². The van der Waals surface area contributed by atoms with E-state index in [1.54, 1.807) is 0 Å². The van der Waals surface area contributed by atoms with E-state index in [2.05, 4.69) is 17.6 Å². The van der Waals surface area contributed by atoms with Crippen LogP contribution >= 0.6 is 0 Å². The number of hydrogen-bond acceptors (Lipinski definition) is 2. The Balaban J connectivity index is 1.57. The van der Waals surface area contributed by atoms with Gasteiger partial charge in [0, 0.05) is 6.04 Å². The van der Waals surface area contributed by atoms with Gasteiger partial charge < -0.3 is 10.6 Å². The molecule has 0 aromatic rings. The number of nitrogens with one attached hydrogen (secondary N) is 2. The van der Waals surface area contributed by atoms with Crippen LogP contribution < -0.4 is 10.6 Å². The largest absolute Gasteiger partial charge is 0.352 e. The Bertz CT molecular complexity index is 232. The number of carbonyl (C=O) groups is 1. The van der Waals surface area contributed by atoms with Crippen molar-refractivity contribution in [2.75, 3.05) is 13.1 Å². The molecule has 3 heteroatoms. The standard InChI is InChI=1S/C13H24N2O/c1-10(12-4-2-3-5-12)15-13(16)9-14-8-11-6-7-11/h10-12,14H,2-9H2,1H3,(H,15,16)/t10-/m1/s1. The highest BCUT2D eigenvalue weighted by Gasteiger charge is 2.23. The number of carbonyl (C=O) groups excluding carboxylic acids is 1. The zero-order valence-corrected chi connectivity index (χ0v) is 10.3. The Morgan fingerprint density at radius 3 is 2.56 bits per heavy atom. The molecule has 0 saturated heterocycles. The summed E-state index contributed by atoms with van der Waals surface area (Å²) in [6.45, 7) is 3.66. The molecule has 2 aliphatic rings. The van der Waals surface area contributed by atoms with Crippen LogP contribution in [0.4, 0.5) is 0 Å². The second kappa shape index (κ2) is 5.67. The summed E-state index contributed by atoms with van der Waals surface area (Å²) < 4.78 is 0. The first-order chi connectivity index (χ1) is 7.75. The molecule has 0 aromatic carbocycles. The zero-order chi connectivity index (χ0) is 11.4. The van der Waals surface area contributed by atoms with Crippen LogP contribution in [-0.4, -0.2) is 25.0 Å². The third-order valence-electron chi connectivity index (χ3n) is 3.91. The van der Waals surface area contributed by atoms with Gasteiger partial charge in [0.05, 0.1) is 6.54 Å². The van der Waals surface area contributed by atoms with Crippen molar-refractivity contribution in [1.82, 2.24) is 10.6 Å². The van der Waals surface area contributed by atoms with Crippen molar-refractivity contribution >= 4 is 5.91 Å². The molecule has 0 spiro atoms. The Hall–Kier alpha value is -0.570. The highest BCUT2D eigenvalue weighted by atomic mass is 16.1. The van der Waals surface area contributed by atoms with Gasteiger partial charge in [-0.05, 0) is 51.0 Å². The molecule has 1 amide bonds. The van der Waals surface area contributed by atoms with Gasteiger partial charge >= 0.3 is 0 Å². The van der Waals surface area contributed by atoms with Crippen molar-refractivity contribution in [2.45, 2.75) is 51.5 Å². The van der Waals surface area contributed by atoms with E-state index in [-0.39, 0.29) is 5.91 Å². The maximum atomic E-state index is 11.6. The number of rotatable bonds is 6. The van der Waals surface area contributed by atoms with Gasteiger partial charge in [-0.15, -0.1) is 0 Å². The van der Waals surface area contributed by atoms with Crippen LogP contribution in [0.15, 0.2) is 0 Å². The summed E-state index contributed by atoms with van der Waals surface area (Å²) in [4.78, 5) is 11.6. The van der Waals surface area contributed by atoms with Crippen LogP contribution in [0.3, 0.4) is 0 Å². The van der Waals surface area contributed by atoms with Crippen LogP contribution in [-0.2, 0) is 4.79 Å². The first-order valence-corrected chi connectivity index (χ1v) is 6.76. The fourth-order valence-corrected chi connectivity index (χ4v) is 2.59. The first-order valence-electron chi connectivity index (χ1n) is 6.76. The van der Waals surface area contributed by atoms with E-state index in [0.717, 1.165) is 12.5 Å². The van der Waals surface area contributed by atoms with Gasteiger partial charge in [-0.1, -0.05) is 12.8 Å². The number of hydrogen-bond donors (Lipinski definition) is 2. The van der Waals surface area contributed by atoms with Crippen molar-refractivity contribution in [1.29, 1.82) is 0 Å². The Labute approximate surface area is 98.4 Å². The molecule has 0 aliphatic heterocycles. The lowest BCUT2D eigenvalue weighted by molar-refractivity contribution is -0.121. The minimum atomic E-state index is 0.167. The number of amides is 1. The van der Waals surface area contributed by atoms with E-state index >= 15 is 0 Å². The molecule has 0 bridgehead atoms. The molecular weight excluding hydrogens is 200 g/mol. The minimum Gasteiger partial charge on any atom is -0.352 e. The van der Waals surface area contributed by atoms with Gasteiger partial charge in [0.25, 0.3) is 0 Å². The van der Waals surface area contributed by atoms with E-state index < -0.39 is 0 Å². The van der Waals surface area contributed by atoms with E-state index in [0.29, 0.717) is 18.5 Å². The molecule has 2 fully saturated rings. The van der Waals surface area contributed by atoms with E-state index in [1.807, 2.05) is 0 Å². The third-order valence-corrected chi connectivity index (χ3v) is 3.91. The van der Waals surface area contributed by atoms with Gasteiger partial charge in [0.1, 0.15) is 0 Å². The molecule has 1 atom stereocenters. The minimum absolute atomic E-state index is 0.167. The first kappa shape index (κ1) is 11.9. The molecule has 3 nitrogen and oxygen atoms in total. The molecule has 2 rings (SSSR count). The van der Waals surface area contributed by atoms with Gasteiger partial charge in [0.15, 0.2) is 0 Å². The summed E-state index contributed by atoms with van der Waals surface area (Å²) in [7, 11) is 0. The molecule has 0 radical (unpaired) electrons. The Kier molecular flexibility index (Phi) is 4.22. The normalized spacial score (nSPS) is 23.3. The molecule has 0 aromatic heterocycles. The van der Waals surface area contributed by atoms with Crippen LogP contribution in [0, 0.1) is 11.8 Å². The molecule has 0 unspecified atom stereocenters. The average Bonchev–Trinajstić information content (AvgIpc) is 2.91. The quantitative estimate of drug-likeness (QED) is 0.721. The Morgan fingerprint density at radius 1 is 1.25 bits per heavy atom. The van der Waals surface area contributed by atoms with Gasteiger partial charge in [-0.25, -0.2) is 0 Å². The fraction of sp³-hybridized carbons (Fsp3) is 0.923. The van der Waals surface area contributed by atoms with Crippen molar-refractivity contribution in [2.24, 2.45) is 11.8 Å². The topological polar surface area (TPSA) is 41.1 Å². The van der Waals surface area contributed by atoms with E-state index in [4.69, 9.17) is 0 Å². The van der Waals surface area contributed by atoms with Crippen molar-refractivity contribution in [3.8, 4) is 0 Å². The molecule has 92 valence electrons. The second-order valence-electron chi connectivity index (χ2n) is 5.48. The van der Waals surface area contributed by atoms with Crippen LogP contribution in [0.25, 0.3) is 0 Å². The summed E-state index contributed by atoms with van der Waals surface area (Å²) in [6, 6.07) is 0.359. The maximum absolute atomic E-state index is 11.6. The summed E-state index contributed by atoms with van der Waals surface area (Å²) >= 11 is 0. The molecular formula is C13H24N2O. The van der Waals surface area contributed by atoms with Crippen LogP contribution in [0.1, 0.15) is 45.4 Å². The molecule has 0 heterocycles. The lowest BCUT2D eigenvalue weighted by atomic mass is 10.00. The summed E-state index contributed by atoms with van der Waals surface area (Å²) in [5.41, 5.74) is 0. The Morgan fingerprint density at radius 2 is 1.94 bits per heavy atom. The predicted molar refractivity (Wildman–Crippen MR) is 65.2 cm³/mol.